The maximum atomic E-state index is 13.2. The molecule has 5 heteroatoms. The number of nitriles is 1. The fourth-order valence-electron chi connectivity index (χ4n) is 4.75. The molecule has 2 aromatic heterocycles. The summed E-state index contributed by atoms with van der Waals surface area (Å²) < 4.78 is 1.86. The van der Waals surface area contributed by atoms with Crippen molar-refractivity contribution in [3.8, 4) is 17.2 Å². The summed E-state index contributed by atoms with van der Waals surface area (Å²) in [7, 11) is 0. The van der Waals surface area contributed by atoms with Crippen LogP contribution in [-0.2, 0) is 6.42 Å². The molecule has 3 aliphatic carbocycles. The second kappa shape index (κ2) is 5.38. The van der Waals surface area contributed by atoms with Crippen LogP contribution in [0.25, 0.3) is 16.7 Å². The second-order valence-electron chi connectivity index (χ2n) is 7.16. The molecule has 5 rings (SSSR count). The fourth-order valence-corrected chi connectivity index (χ4v) is 4.75. The number of aromatic nitrogens is 3. The van der Waals surface area contributed by atoms with Gasteiger partial charge in [0.2, 0.25) is 5.78 Å². The average molecular weight is 330 g/mol. The van der Waals surface area contributed by atoms with Gasteiger partial charge in [-0.15, -0.1) is 0 Å². The molecule has 0 aliphatic heterocycles. The van der Waals surface area contributed by atoms with Gasteiger partial charge < -0.3 is 0 Å². The molecule has 0 spiro atoms. The van der Waals surface area contributed by atoms with Crippen LogP contribution in [0.2, 0.25) is 0 Å². The molecule has 5 nitrogen and oxygen atoms in total. The molecule has 1 atom stereocenters. The fraction of sp³-hybridized carbons (Fsp3) is 0.400. The highest BCUT2D eigenvalue weighted by molar-refractivity contribution is 6.34. The van der Waals surface area contributed by atoms with Crippen molar-refractivity contribution in [3.05, 3.63) is 41.5 Å². The molecule has 3 aliphatic rings. The lowest BCUT2D eigenvalue weighted by molar-refractivity contribution is 0.104. The lowest BCUT2D eigenvalue weighted by atomic mass is 9.86. The third kappa shape index (κ3) is 1.97. The predicted molar refractivity (Wildman–Crippen MR) is 92.7 cm³/mol. The first-order valence-corrected chi connectivity index (χ1v) is 8.97. The lowest BCUT2D eigenvalue weighted by Crippen LogP contribution is -2.24. The van der Waals surface area contributed by atoms with Crippen LogP contribution in [0.15, 0.2) is 24.5 Å². The molecule has 0 radical (unpaired) electrons. The Kier molecular flexibility index (Phi) is 3.14. The second-order valence-corrected chi connectivity index (χ2v) is 7.16. The van der Waals surface area contributed by atoms with Crippen molar-refractivity contribution in [2.45, 2.75) is 44.6 Å². The summed E-state index contributed by atoms with van der Waals surface area (Å²) in [6.45, 7) is 0. The Morgan fingerprint density at radius 3 is 2.96 bits per heavy atom. The molecule has 1 saturated carbocycles. The number of fused-ring (bicyclic) bond motifs is 2. The zero-order valence-corrected chi connectivity index (χ0v) is 13.9. The highest BCUT2D eigenvalue weighted by atomic mass is 16.1. The summed E-state index contributed by atoms with van der Waals surface area (Å²) in [6, 6.07) is 4.28. The standard InChI is InChI=1S/C20H18N4O/c21-9-7-17(12-3-1-2-4-12)24-19-15(11-23-24)13-8-10-22-16-6-5-14(18(13)16)20(19)25/h5,8,10-12,17H,1-4,6-7H2. The van der Waals surface area contributed by atoms with Crippen molar-refractivity contribution in [2.24, 2.45) is 5.92 Å². The Morgan fingerprint density at radius 1 is 1.32 bits per heavy atom. The number of rotatable bonds is 3. The van der Waals surface area contributed by atoms with Gasteiger partial charge in [-0.1, -0.05) is 18.9 Å². The summed E-state index contributed by atoms with van der Waals surface area (Å²) in [5.74, 6) is 0.469. The van der Waals surface area contributed by atoms with E-state index >= 15 is 0 Å². The zero-order chi connectivity index (χ0) is 17.0. The maximum absolute atomic E-state index is 13.2. The van der Waals surface area contributed by atoms with Gasteiger partial charge in [0.05, 0.1) is 30.4 Å². The first-order valence-electron chi connectivity index (χ1n) is 8.97. The number of allylic oxidation sites excluding steroid dienone is 2. The Morgan fingerprint density at radius 2 is 2.16 bits per heavy atom. The molecule has 1 unspecified atom stereocenters. The predicted octanol–water partition coefficient (Wildman–Crippen LogP) is 3.73. The first-order chi connectivity index (χ1) is 12.3. The van der Waals surface area contributed by atoms with E-state index in [1.807, 2.05) is 23.0 Å². The van der Waals surface area contributed by atoms with E-state index in [4.69, 9.17) is 0 Å². The smallest absolute Gasteiger partial charge is 0.212 e. The Labute approximate surface area is 146 Å². The van der Waals surface area contributed by atoms with Crippen LogP contribution in [-0.4, -0.2) is 20.5 Å². The van der Waals surface area contributed by atoms with Gasteiger partial charge in [-0.2, -0.15) is 10.4 Å². The van der Waals surface area contributed by atoms with Gasteiger partial charge in [-0.3, -0.25) is 14.5 Å². The van der Waals surface area contributed by atoms with Crippen LogP contribution in [0.5, 0.6) is 0 Å². The number of carbonyl (C=O) groups is 1. The van der Waals surface area contributed by atoms with Gasteiger partial charge in [0, 0.05) is 29.3 Å². The van der Waals surface area contributed by atoms with E-state index in [1.165, 1.54) is 12.8 Å². The van der Waals surface area contributed by atoms with Crippen LogP contribution in [0, 0.1) is 17.2 Å². The normalized spacial score (nSPS) is 19.3. The number of ketones is 1. The van der Waals surface area contributed by atoms with Crippen molar-refractivity contribution < 1.29 is 4.79 Å². The topological polar surface area (TPSA) is 71.6 Å². The van der Waals surface area contributed by atoms with Gasteiger partial charge in [0.1, 0.15) is 5.69 Å². The van der Waals surface area contributed by atoms with E-state index < -0.39 is 0 Å². The first kappa shape index (κ1) is 14.6. The minimum atomic E-state index is -0.00920. The van der Waals surface area contributed by atoms with Gasteiger partial charge >= 0.3 is 0 Å². The van der Waals surface area contributed by atoms with Crippen molar-refractivity contribution in [2.75, 3.05) is 0 Å². The molecule has 0 N–H and O–H groups in total. The molecular formula is C20H18N4O. The van der Waals surface area contributed by atoms with Gasteiger partial charge in [-0.25, -0.2) is 0 Å². The molecule has 0 amide bonds. The third-order valence-electron chi connectivity index (χ3n) is 5.90. The molecule has 124 valence electrons. The van der Waals surface area contributed by atoms with Crippen molar-refractivity contribution in [3.63, 3.8) is 0 Å². The van der Waals surface area contributed by atoms with E-state index in [2.05, 4.69) is 16.2 Å². The molecule has 1 fully saturated rings. The number of hydrogen-bond donors (Lipinski definition) is 0. The lowest BCUT2D eigenvalue weighted by Gasteiger charge is -2.25. The molecule has 2 heterocycles. The highest BCUT2D eigenvalue weighted by Gasteiger charge is 2.38. The van der Waals surface area contributed by atoms with Gasteiger partial charge in [0.25, 0.3) is 0 Å². The van der Waals surface area contributed by atoms with E-state index in [1.54, 1.807) is 6.20 Å². The van der Waals surface area contributed by atoms with Crippen molar-refractivity contribution in [1.29, 1.82) is 5.26 Å². The zero-order valence-electron chi connectivity index (χ0n) is 13.9. The SMILES string of the molecule is N#CCC(C1CCCC1)n1ncc2c1C(=O)C1=CCc3nccc-2c31. The summed E-state index contributed by atoms with van der Waals surface area (Å²) in [6.07, 6.45) is 11.3. The van der Waals surface area contributed by atoms with Crippen LogP contribution < -0.4 is 0 Å². The van der Waals surface area contributed by atoms with Crippen molar-refractivity contribution in [1.82, 2.24) is 14.8 Å². The monoisotopic (exact) mass is 330 g/mol. The Balaban J connectivity index is 1.69. The molecule has 25 heavy (non-hydrogen) atoms. The molecular weight excluding hydrogens is 312 g/mol. The third-order valence-corrected chi connectivity index (χ3v) is 5.90. The molecule has 0 bridgehead atoms. The van der Waals surface area contributed by atoms with Gasteiger partial charge in [-0.05, 0) is 30.4 Å². The number of nitrogens with zero attached hydrogens (tertiary/aromatic N) is 4. The van der Waals surface area contributed by atoms with E-state index in [9.17, 15) is 10.1 Å². The van der Waals surface area contributed by atoms with Gasteiger partial charge in [0.15, 0.2) is 0 Å². The van der Waals surface area contributed by atoms with Crippen LogP contribution in [0.3, 0.4) is 0 Å². The average Bonchev–Trinajstić information content (AvgIpc) is 3.37. The summed E-state index contributed by atoms with van der Waals surface area (Å²) in [5, 5.41) is 13.9. The molecule has 0 saturated heterocycles. The number of pyridine rings is 1. The number of Topliss-reactive ketones (excluding diaryl/α,β-unsaturated/α-hetero) is 1. The van der Waals surface area contributed by atoms with Crippen molar-refractivity contribution >= 4 is 11.4 Å². The van der Waals surface area contributed by atoms with E-state index in [-0.39, 0.29) is 11.8 Å². The number of hydrogen-bond acceptors (Lipinski definition) is 4. The summed E-state index contributed by atoms with van der Waals surface area (Å²) >= 11 is 0. The molecule has 0 aromatic carbocycles. The van der Waals surface area contributed by atoms with E-state index in [0.717, 1.165) is 40.8 Å². The largest absolute Gasteiger partial charge is 0.287 e. The van der Waals surface area contributed by atoms with Crippen LogP contribution >= 0.6 is 0 Å². The van der Waals surface area contributed by atoms with Crippen LogP contribution in [0.4, 0.5) is 0 Å². The number of carbonyl (C=O) groups excluding carboxylic acids is 1. The Bertz CT molecular complexity index is 957. The Hall–Kier alpha value is -2.74. The van der Waals surface area contributed by atoms with Crippen LogP contribution in [0.1, 0.15) is 59.9 Å². The minimum absolute atomic E-state index is 0.00920. The van der Waals surface area contributed by atoms with E-state index in [0.29, 0.717) is 24.5 Å². The summed E-state index contributed by atoms with van der Waals surface area (Å²) in [4.78, 5) is 17.6. The highest BCUT2D eigenvalue weighted by Crippen LogP contribution is 2.45. The quantitative estimate of drug-likeness (QED) is 0.860. The minimum Gasteiger partial charge on any atom is -0.287 e. The molecule has 2 aromatic rings. The maximum Gasteiger partial charge on any atom is 0.212 e. The summed E-state index contributed by atoms with van der Waals surface area (Å²) in [5.41, 5.74) is 5.32.